The first-order valence-electron chi connectivity index (χ1n) is 7.64. The minimum Gasteiger partial charge on any atom is -0.286 e. The van der Waals surface area contributed by atoms with Crippen LogP contribution in [-0.4, -0.2) is 35.0 Å². The molecule has 1 rings (SSSR count). The minimum atomic E-state index is -0.590. The summed E-state index contributed by atoms with van der Waals surface area (Å²) in [4.78, 5) is 34.5. The van der Waals surface area contributed by atoms with Crippen LogP contribution < -0.4 is 10.9 Å². The molecular weight excluding hydrogens is 298 g/mol. The minimum absolute atomic E-state index is 0.111. The fraction of sp³-hybridized carbons (Fsp3) is 0.438. The highest BCUT2D eigenvalue weighted by atomic mass is 16.5. The smallest absolute Gasteiger partial charge is 0.269 e. The maximum atomic E-state index is 12.1. The number of carbonyl (C=O) groups is 3. The highest BCUT2D eigenvalue weighted by Crippen LogP contribution is 2.11. The van der Waals surface area contributed by atoms with Gasteiger partial charge in [-0.25, -0.2) is 5.06 Å². The number of carbonyl (C=O) groups excluding carboxylic acids is 3. The van der Waals surface area contributed by atoms with Crippen LogP contribution in [0.1, 0.15) is 43.0 Å². The van der Waals surface area contributed by atoms with Gasteiger partial charge in [0.25, 0.3) is 5.91 Å². The van der Waals surface area contributed by atoms with Crippen molar-refractivity contribution >= 4 is 18.2 Å². The van der Waals surface area contributed by atoms with Gasteiger partial charge in [0.2, 0.25) is 12.3 Å². The zero-order chi connectivity index (χ0) is 17.1. The third-order valence-electron chi connectivity index (χ3n) is 3.39. The predicted octanol–water partition coefficient (Wildman–Crippen LogP) is 1.49. The van der Waals surface area contributed by atoms with E-state index in [2.05, 4.69) is 10.9 Å². The van der Waals surface area contributed by atoms with Crippen molar-refractivity contribution in [3.05, 3.63) is 35.9 Å². The molecule has 1 atom stereocenters. The Bertz CT molecular complexity index is 507. The van der Waals surface area contributed by atoms with Crippen molar-refractivity contribution in [2.45, 2.75) is 32.6 Å². The second kappa shape index (κ2) is 10.3. The van der Waals surface area contributed by atoms with Crippen LogP contribution in [0.5, 0.6) is 0 Å². The van der Waals surface area contributed by atoms with Crippen molar-refractivity contribution in [2.24, 2.45) is 5.92 Å². The van der Waals surface area contributed by atoms with Gasteiger partial charge in [-0.2, -0.15) is 0 Å². The molecule has 0 aliphatic carbocycles. The van der Waals surface area contributed by atoms with E-state index >= 15 is 0 Å². The second-order valence-corrected chi connectivity index (χ2v) is 5.23. The summed E-state index contributed by atoms with van der Waals surface area (Å²) in [6, 6.07) is 8.48. The van der Waals surface area contributed by atoms with Crippen molar-refractivity contribution in [1.82, 2.24) is 15.9 Å². The fourth-order valence-electron chi connectivity index (χ4n) is 2.10. The van der Waals surface area contributed by atoms with E-state index in [1.54, 1.807) is 30.3 Å². The SMILES string of the molecule is CCCCCC(CN(O)C=O)C(=O)NNC(=O)c1ccccc1. The van der Waals surface area contributed by atoms with Crippen LogP contribution >= 0.6 is 0 Å². The van der Waals surface area contributed by atoms with Gasteiger partial charge in [0.1, 0.15) is 0 Å². The van der Waals surface area contributed by atoms with Crippen molar-refractivity contribution in [1.29, 1.82) is 0 Å². The Hall–Kier alpha value is -2.41. The normalized spacial score (nSPS) is 11.4. The first kappa shape index (κ1) is 18.6. The Morgan fingerprint density at radius 1 is 1.22 bits per heavy atom. The van der Waals surface area contributed by atoms with Gasteiger partial charge >= 0.3 is 0 Å². The zero-order valence-corrected chi connectivity index (χ0v) is 13.2. The summed E-state index contributed by atoms with van der Waals surface area (Å²) in [6.45, 7) is 1.93. The molecule has 0 heterocycles. The first-order chi connectivity index (χ1) is 11.1. The van der Waals surface area contributed by atoms with Gasteiger partial charge in [0, 0.05) is 5.56 Å². The number of hydroxylamine groups is 2. The van der Waals surface area contributed by atoms with Gasteiger partial charge < -0.3 is 0 Å². The van der Waals surface area contributed by atoms with E-state index in [4.69, 9.17) is 0 Å². The van der Waals surface area contributed by atoms with Crippen LogP contribution in [0.25, 0.3) is 0 Å². The number of nitrogens with one attached hydrogen (secondary N) is 2. The number of hydrogen-bond donors (Lipinski definition) is 3. The van der Waals surface area contributed by atoms with Crippen LogP contribution in [-0.2, 0) is 9.59 Å². The maximum absolute atomic E-state index is 12.1. The molecule has 7 heteroatoms. The average Bonchev–Trinajstić information content (AvgIpc) is 2.59. The molecule has 0 radical (unpaired) electrons. The van der Waals surface area contributed by atoms with Crippen molar-refractivity contribution in [2.75, 3.05) is 6.54 Å². The summed E-state index contributed by atoms with van der Waals surface area (Å²) in [5.41, 5.74) is 5.10. The third kappa shape index (κ3) is 6.92. The molecule has 1 aromatic rings. The Labute approximate surface area is 135 Å². The van der Waals surface area contributed by atoms with E-state index in [-0.39, 0.29) is 13.0 Å². The molecule has 0 fully saturated rings. The van der Waals surface area contributed by atoms with E-state index in [0.29, 0.717) is 17.0 Å². The number of rotatable bonds is 9. The molecule has 126 valence electrons. The Morgan fingerprint density at radius 2 is 1.91 bits per heavy atom. The molecule has 3 N–H and O–H groups in total. The standard InChI is InChI=1S/C16H23N3O4/c1-2-3-5-10-14(11-19(23)12-20)16(22)18-17-15(21)13-8-6-4-7-9-13/h4,6-9,12,14,23H,2-3,5,10-11H2,1H3,(H,17,21)(H,18,22). The number of hydrogen-bond acceptors (Lipinski definition) is 4. The monoisotopic (exact) mass is 321 g/mol. The lowest BCUT2D eigenvalue weighted by atomic mass is 10.0. The highest BCUT2D eigenvalue weighted by Gasteiger charge is 2.21. The van der Waals surface area contributed by atoms with Crippen molar-refractivity contribution in [3.8, 4) is 0 Å². The van der Waals surface area contributed by atoms with E-state index in [9.17, 15) is 19.6 Å². The molecule has 0 aliphatic rings. The summed E-state index contributed by atoms with van der Waals surface area (Å²) in [6.07, 6.45) is 3.52. The fourth-order valence-corrected chi connectivity index (χ4v) is 2.10. The van der Waals surface area contributed by atoms with Gasteiger partial charge in [0.05, 0.1) is 12.5 Å². The molecule has 7 nitrogen and oxygen atoms in total. The molecule has 1 aromatic carbocycles. The lowest BCUT2D eigenvalue weighted by molar-refractivity contribution is -0.154. The van der Waals surface area contributed by atoms with Crippen molar-refractivity contribution < 1.29 is 19.6 Å². The summed E-state index contributed by atoms with van der Waals surface area (Å²) >= 11 is 0. The van der Waals surface area contributed by atoms with Gasteiger partial charge in [-0.1, -0.05) is 44.4 Å². The maximum Gasteiger partial charge on any atom is 0.269 e. The lowest BCUT2D eigenvalue weighted by Gasteiger charge is -2.19. The van der Waals surface area contributed by atoms with E-state index in [0.717, 1.165) is 19.3 Å². The van der Waals surface area contributed by atoms with E-state index in [1.165, 1.54) is 0 Å². The van der Waals surface area contributed by atoms with Gasteiger partial charge in [-0.05, 0) is 18.6 Å². The molecule has 0 aromatic heterocycles. The zero-order valence-electron chi connectivity index (χ0n) is 13.2. The summed E-state index contributed by atoms with van der Waals surface area (Å²) < 4.78 is 0. The van der Waals surface area contributed by atoms with Crippen LogP contribution in [0, 0.1) is 5.92 Å². The molecule has 0 saturated carbocycles. The number of amides is 3. The summed E-state index contributed by atoms with van der Waals surface area (Å²) in [7, 11) is 0. The molecule has 1 unspecified atom stereocenters. The number of nitrogens with zero attached hydrogens (tertiary/aromatic N) is 1. The van der Waals surface area contributed by atoms with Crippen LogP contribution in [0.15, 0.2) is 30.3 Å². The van der Waals surface area contributed by atoms with Gasteiger partial charge in [-0.3, -0.25) is 30.4 Å². The van der Waals surface area contributed by atoms with Gasteiger partial charge in [0.15, 0.2) is 0 Å². The molecule has 0 spiro atoms. The topological polar surface area (TPSA) is 98.7 Å². The second-order valence-electron chi connectivity index (χ2n) is 5.23. The Morgan fingerprint density at radius 3 is 2.52 bits per heavy atom. The predicted molar refractivity (Wildman–Crippen MR) is 84.2 cm³/mol. The largest absolute Gasteiger partial charge is 0.286 e. The molecule has 0 bridgehead atoms. The van der Waals surface area contributed by atoms with Crippen LogP contribution in [0.4, 0.5) is 0 Å². The summed E-state index contributed by atoms with van der Waals surface area (Å²) in [5.74, 6) is -1.46. The molecule has 3 amide bonds. The third-order valence-corrected chi connectivity index (χ3v) is 3.39. The summed E-state index contributed by atoms with van der Waals surface area (Å²) in [5, 5.41) is 9.73. The molecule has 23 heavy (non-hydrogen) atoms. The van der Waals surface area contributed by atoms with Crippen LogP contribution in [0.2, 0.25) is 0 Å². The Kier molecular flexibility index (Phi) is 8.38. The molecule has 0 saturated heterocycles. The number of unbranched alkanes of at least 4 members (excludes halogenated alkanes) is 2. The number of benzene rings is 1. The first-order valence-corrected chi connectivity index (χ1v) is 7.64. The lowest BCUT2D eigenvalue weighted by Crippen LogP contribution is -2.46. The van der Waals surface area contributed by atoms with Gasteiger partial charge in [-0.15, -0.1) is 0 Å². The molecule has 0 aliphatic heterocycles. The Balaban J connectivity index is 2.54. The highest BCUT2D eigenvalue weighted by molar-refractivity contribution is 5.95. The number of hydrazine groups is 1. The average molecular weight is 321 g/mol. The van der Waals surface area contributed by atoms with Crippen molar-refractivity contribution in [3.63, 3.8) is 0 Å². The quantitative estimate of drug-likeness (QED) is 0.278. The van der Waals surface area contributed by atoms with E-state index in [1.807, 2.05) is 6.92 Å². The molecular formula is C16H23N3O4. The van der Waals surface area contributed by atoms with E-state index < -0.39 is 17.7 Å². The van der Waals surface area contributed by atoms with Crippen LogP contribution in [0.3, 0.4) is 0 Å².